The van der Waals surface area contributed by atoms with Gasteiger partial charge in [0.25, 0.3) is 0 Å². The Labute approximate surface area is 98.6 Å². The molecule has 16 heavy (non-hydrogen) atoms. The van der Waals surface area contributed by atoms with Crippen LogP contribution in [-0.4, -0.2) is 36.5 Å². The quantitative estimate of drug-likeness (QED) is 0.725. The van der Waals surface area contributed by atoms with Crippen LogP contribution in [0.5, 0.6) is 0 Å². The predicted octanol–water partition coefficient (Wildman–Crippen LogP) is 1.10. The van der Waals surface area contributed by atoms with Crippen LogP contribution in [0.3, 0.4) is 0 Å². The highest BCUT2D eigenvalue weighted by Gasteiger charge is 2.28. The molecule has 3 nitrogen and oxygen atoms in total. The molecule has 0 aromatic rings. The van der Waals surface area contributed by atoms with E-state index in [-0.39, 0.29) is 11.9 Å². The molecule has 1 aliphatic rings. The standard InChI is InChI=1S/C13H22N2O/c1-5-6-14-13(16)12(4)15-8-10(2)7-11(3)9-15/h1,10-12H,6-9H2,2-4H3,(H,14,16). The minimum Gasteiger partial charge on any atom is -0.344 e. The minimum absolute atomic E-state index is 0.0410. The van der Waals surface area contributed by atoms with E-state index in [9.17, 15) is 4.79 Å². The molecule has 1 N–H and O–H groups in total. The summed E-state index contributed by atoms with van der Waals surface area (Å²) in [6.45, 7) is 8.78. The van der Waals surface area contributed by atoms with Gasteiger partial charge < -0.3 is 5.32 Å². The number of hydrogen-bond acceptors (Lipinski definition) is 2. The Morgan fingerprint density at radius 3 is 2.56 bits per heavy atom. The van der Waals surface area contributed by atoms with E-state index in [1.165, 1.54) is 6.42 Å². The molecule has 0 bridgehead atoms. The number of nitrogens with one attached hydrogen (secondary N) is 1. The van der Waals surface area contributed by atoms with Gasteiger partial charge in [0.2, 0.25) is 5.91 Å². The van der Waals surface area contributed by atoms with Gasteiger partial charge in [-0.1, -0.05) is 19.8 Å². The average Bonchev–Trinajstić information content (AvgIpc) is 2.23. The van der Waals surface area contributed by atoms with Crippen LogP contribution in [0.25, 0.3) is 0 Å². The third-order valence-corrected chi connectivity index (χ3v) is 3.19. The first kappa shape index (κ1) is 13.1. The van der Waals surface area contributed by atoms with E-state index in [1.807, 2.05) is 6.92 Å². The summed E-state index contributed by atoms with van der Waals surface area (Å²) >= 11 is 0. The molecular weight excluding hydrogens is 200 g/mol. The van der Waals surface area contributed by atoms with Crippen LogP contribution in [0.15, 0.2) is 0 Å². The van der Waals surface area contributed by atoms with Crippen LogP contribution >= 0.6 is 0 Å². The normalized spacial score (nSPS) is 28.1. The summed E-state index contributed by atoms with van der Waals surface area (Å²) in [5.74, 6) is 3.81. The monoisotopic (exact) mass is 222 g/mol. The first-order valence-corrected chi connectivity index (χ1v) is 5.99. The minimum atomic E-state index is -0.0708. The topological polar surface area (TPSA) is 32.3 Å². The summed E-state index contributed by atoms with van der Waals surface area (Å²) in [6, 6.07) is -0.0708. The number of carbonyl (C=O) groups is 1. The van der Waals surface area contributed by atoms with E-state index in [1.54, 1.807) is 0 Å². The van der Waals surface area contributed by atoms with Crippen molar-refractivity contribution in [2.45, 2.75) is 33.2 Å². The van der Waals surface area contributed by atoms with Crippen LogP contribution in [0, 0.1) is 24.2 Å². The third-order valence-electron chi connectivity index (χ3n) is 3.19. The van der Waals surface area contributed by atoms with Crippen molar-refractivity contribution in [2.24, 2.45) is 11.8 Å². The molecule has 1 fully saturated rings. The van der Waals surface area contributed by atoms with Gasteiger partial charge in [0, 0.05) is 13.1 Å². The summed E-state index contributed by atoms with van der Waals surface area (Å²) in [7, 11) is 0. The molecule has 3 atom stereocenters. The van der Waals surface area contributed by atoms with E-state index < -0.39 is 0 Å². The van der Waals surface area contributed by atoms with Crippen molar-refractivity contribution in [3.63, 3.8) is 0 Å². The van der Waals surface area contributed by atoms with E-state index in [0.29, 0.717) is 18.4 Å². The molecule has 1 amide bonds. The number of rotatable bonds is 3. The lowest BCUT2D eigenvalue weighted by Crippen LogP contribution is -2.50. The van der Waals surface area contributed by atoms with Crippen LogP contribution in [0.1, 0.15) is 27.2 Å². The van der Waals surface area contributed by atoms with E-state index >= 15 is 0 Å². The van der Waals surface area contributed by atoms with Gasteiger partial charge in [-0.25, -0.2) is 0 Å². The number of carbonyl (C=O) groups excluding carboxylic acids is 1. The molecule has 0 radical (unpaired) electrons. The largest absolute Gasteiger partial charge is 0.344 e. The lowest BCUT2D eigenvalue weighted by molar-refractivity contribution is -0.126. The lowest BCUT2D eigenvalue weighted by atomic mass is 9.91. The average molecular weight is 222 g/mol. The van der Waals surface area contributed by atoms with Crippen LogP contribution < -0.4 is 5.32 Å². The van der Waals surface area contributed by atoms with Gasteiger partial charge in [-0.2, -0.15) is 0 Å². The summed E-state index contributed by atoms with van der Waals surface area (Å²) in [5, 5.41) is 2.74. The molecule has 1 heterocycles. The van der Waals surface area contributed by atoms with Crippen LogP contribution in [0.2, 0.25) is 0 Å². The summed E-state index contributed by atoms with van der Waals surface area (Å²) in [4.78, 5) is 14.0. The highest BCUT2D eigenvalue weighted by atomic mass is 16.2. The van der Waals surface area contributed by atoms with E-state index in [0.717, 1.165) is 13.1 Å². The van der Waals surface area contributed by atoms with Crippen molar-refractivity contribution in [3.05, 3.63) is 0 Å². The van der Waals surface area contributed by atoms with Crippen LogP contribution in [0.4, 0.5) is 0 Å². The van der Waals surface area contributed by atoms with Gasteiger partial charge in [0.1, 0.15) is 0 Å². The highest BCUT2D eigenvalue weighted by Crippen LogP contribution is 2.22. The molecule has 90 valence electrons. The molecule has 3 heteroatoms. The number of terminal acetylenes is 1. The SMILES string of the molecule is C#CCNC(=O)C(C)N1CC(C)CC(C)C1. The first-order valence-electron chi connectivity index (χ1n) is 5.99. The Balaban J connectivity index is 2.49. The Hall–Kier alpha value is -1.01. The van der Waals surface area contributed by atoms with Gasteiger partial charge >= 0.3 is 0 Å². The fourth-order valence-corrected chi connectivity index (χ4v) is 2.48. The third kappa shape index (κ3) is 3.53. The molecule has 0 saturated carbocycles. The van der Waals surface area contributed by atoms with Crippen molar-refractivity contribution < 1.29 is 4.79 Å². The van der Waals surface area contributed by atoms with Gasteiger partial charge in [-0.3, -0.25) is 9.69 Å². The second-order valence-electron chi connectivity index (χ2n) is 5.00. The van der Waals surface area contributed by atoms with Crippen molar-refractivity contribution in [3.8, 4) is 12.3 Å². The Bertz CT molecular complexity index is 272. The number of likely N-dealkylation sites (tertiary alicyclic amines) is 1. The van der Waals surface area contributed by atoms with Crippen LogP contribution in [-0.2, 0) is 4.79 Å². The zero-order valence-corrected chi connectivity index (χ0v) is 10.5. The molecular formula is C13H22N2O. The maximum absolute atomic E-state index is 11.8. The molecule has 0 aliphatic carbocycles. The number of hydrogen-bond donors (Lipinski definition) is 1. The molecule has 3 unspecified atom stereocenters. The number of piperidine rings is 1. The van der Waals surface area contributed by atoms with Crippen molar-refractivity contribution in [1.29, 1.82) is 0 Å². The summed E-state index contributed by atoms with van der Waals surface area (Å²) in [5.41, 5.74) is 0. The fraction of sp³-hybridized carbons (Fsp3) is 0.769. The molecule has 0 spiro atoms. The zero-order valence-electron chi connectivity index (χ0n) is 10.5. The molecule has 1 rings (SSSR count). The van der Waals surface area contributed by atoms with Gasteiger partial charge in [0.05, 0.1) is 12.6 Å². The second-order valence-corrected chi connectivity index (χ2v) is 5.00. The number of nitrogens with zero attached hydrogens (tertiary/aromatic N) is 1. The molecule has 1 aliphatic heterocycles. The lowest BCUT2D eigenvalue weighted by Gasteiger charge is -2.38. The van der Waals surface area contributed by atoms with Gasteiger partial charge in [-0.05, 0) is 25.2 Å². The molecule has 1 saturated heterocycles. The predicted molar refractivity (Wildman–Crippen MR) is 65.8 cm³/mol. The van der Waals surface area contributed by atoms with E-state index in [4.69, 9.17) is 6.42 Å². The summed E-state index contributed by atoms with van der Waals surface area (Å²) in [6.07, 6.45) is 6.38. The maximum atomic E-state index is 11.8. The molecule has 0 aromatic heterocycles. The Morgan fingerprint density at radius 2 is 2.06 bits per heavy atom. The molecule has 0 aromatic carbocycles. The maximum Gasteiger partial charge on any atom is 0.237 e. The zero-order chi connectivity index (χ0) is 12.1. The Morgan fingerprint density at radius 1 is 1.50 bits per heavy atom. The summed E-state index contributed by atoms with van der Waals surface area (Å²) < 4.78 is 0. The fourth-order valence-electron chi connectivity index (χ4n) is 2.48. The van der Waals surface area contributed by atoms with Gasteiger partial charge in [-0.15, -0.1) is 6.42 Å². The van der Waals surface area contributed by atoms with Crippen molar-refractivity contribution in [2.75, 3.05) is 19.6 Å². The smallest absolute Gasteiger partial charge is 0.237 e. The first-order chi connectivity index (χ1) is 7.54. The van der Waals surface area contributed by atoms with Gasteiger partial charge in [0.15, 0.2) is 0 Å². The highest BCUT2D eigenvalue weighted by molar-refractivity contribution is 5.81. The van der Waals surface area contributed by atoms with Crippen molar-refractivity contribution in [1.82, 2.24) is 10.2 Å². The van der Waals surface area contributed by atoms with Crippen molar-refractivity contribution >= 4 is 5.91 Å². The van der Waals surface area contributed by atoms with E-state index in [2.05, 4.69) is 30.0 Å². The Kier molecular flexibility index (Phi) is 4.82. The number of amides is 1. The second kappa shape index (κ2) is 5.91.